The molecule has 1 aromatic carbocycles. The van der Waals surface area contributed by atoms with E-state index in [1.165, 1.54) is 0 Å². The van der Waals surface area contributed by atoms with Crippen molar-refractivity contribution >= 4 is 23.4 Å². The zero-order chi connectivity index (χ0) is 12.9. The number of hydrogen-bond acceptors (Lipinski definition) is 3. The number of ketones is 1. The zero-order valence-corrected chi connectivity index (χ0v) is 10.2. The fourth-order valence-electron chi connectivity index (χ4n) is 2.36. The Hall–Kier alpha value is -1.55. The van der Waals surface area contributed by atoms with Gasteiger partial charge in [-0.3, -0.25) is 9.59 Å². The number of carbonyl (C=O) groups excluding carboxylic acids is 1. The molecular formula is C13H11ClO4. The molecule has 1 aliphatic heterocycles. The van der Waals surface area contributed by atoms with Crippen molar-refractivity contribution in [2.45, 2.75) is 12.8 Å². The number of rotatable bonds is 3. The number of aliphatic carboxylic acids is 1. The first-order chi connectivity index (χ1) is 8.59. The number of fused-ring (bicyclic) bond motifs is 1. The quantitative estimate of drug-likeness (QED) is 0.852. The summed E-state index contributed by atoms with van der Waals surface area (Å²) in [6.07, 6.45) is 1.20. The van der Waals surface area contributed by atoms with Gasteiger partial charge in [-0.05, 0) is 18.1 Å². The van der Waals surface area contributed by atoms with Crippen LogP contribution in [0.25, 0.3) is 0 Å². The monoisotopic (exact) mass is 266 g/mol. The minimum atomic E-state index is -0.915. The third-order valence-corrected chi connectivity index (χ3v) is 3.88. The van der Waals surface area contributed by atoms with Crippen LogP contribution in [0.5, 0.6) is 5.75 Å². The van der Waals surface area contributed by atoms with Gasteiger partial charge in [-0.2, -0.15) is 0 Å². The maximum atomic E-state index is 12.1. The molecule has 4 nitrogen and oxygen atoms in total. The van der Waals surface area contributed by atoms with E-state index in [2.05, 4.69) is 0 Å². The third-order valence-electron chi connectivity index (χ3n) is 3.51. The molecule has 2 atom stereocenters. The number of ether oxygens (including phenoxy) is 1. The summed E-state index contributed by atoms with van der Waals surface area (Å²) in [4.78, 5) is 22.9. The average Bonchev–Trinajstić information content (AvgIpc) is 3.00. The van der Waals surface area contributed by atoms with Gasteiger partial charge in [0.05, 0.1) is 17.5 Å². The molecule has 94 valence electrons. The summed E-state index contributed by atoms with van der Waals surface area (Å²) in [7, 11) is 0. The van der Waals surface area contributed by atoms with Crippen molar-refractivity contribution in [3.8, 4) is 5.75 Å². The number of Topliss-reactive ketones (excluding diaryl/α,β-unsaturated/α-hetero) is 1. The van der Waals surface area contributed by atoms with Gasteiger partial charge in [-0.1, -0.05) is 17.7 Å². The van der Waals surface area contributed by atoms with E-state index in [4.69, 9.17) is 21.4 Å². The van der Waals surface area contributed by atoms with E-state index >= 15 is 0 Å². The van der Waals surface area contributed by atoms with Crippen LogP contribution in [0.3, 0.4) is 0 Å². The molecule has 2 aliphatic rings. The van der Waals surface area contributed by atoms with Crippen LogP contribution in [-0.2, 0) is 11.2 Å². The molecule has 0 radical (unpaired) electrons. The van der Waals surface area contributed by atoms with Crippen molar-refractivity contribution < 1.29 is 19.4 Å². The van der Waals surface area contributed by atoms with Crippen LogP contribution in [0.15, 0.2) is 12.1 Å². The van der Waals surface area contributed by atoms with Gasteiger partial charge in [-0.15, -0.1) is 0 Å². The van der Waals surface area contributed by atoms with Gasteiger partial charge in [0.25, 0.3) is 0 Å². The average molecular weight is 267 g/mol. The lowest BCUT2D eigenvalue weighted by Gasteiger charge is -2.07. The first kappa shape index (κ1) is 11.5. The van der Waals surface area contributed by atoms with Crippen LogP contribution in [0, 0.1) is 11.8 Å². The summed E-state index contributed by atoms with van der Waals surface area (Å²) in [6, 6.07) is 3.51. The molecule has 0 bridgehead atoms. The maximum absolute atomic E-state index is 12.1. The molecule has 1 aromatic rings. The van der Waals surface area contributed by atoms with Crippen LogP contribution in [0.4, 0.5) is 0 Å². The van der Waals surface area contributed by atoms with E-state index in [9.17, 15) is 9.59 Å². The van der Waals surface area contributed by atoms with Crippen molar-refractivity contribution in [3.05, 3.63) is 28.3 Å². The van der Waals surface area contributed by atoms with E-state index in [0.717, 1.165) is 12.0 Å². The van der Waals surface area contributed by atoms with Gasteiger partial charge in [-0.25, -0.2) is 0 Å². The SMILES string of the molecule is O=C(O)[C@H]1C[C@@H]1C(=O)c1ccc2c(c1Cl)OCC2. The fourth-order valence-corrected chi connectivity index (χ4v) is 2.69. The van der Waals surface area contributed by atoms with Gasteiger partial charge in [0.15, 0.2) is 5.78 Å². The Morgan fingerprint density at radius 2 is 2.11 bits per heavy atom. The molecular weight excluding hydrogens is 256 g/mol. The van der Waals surface area contributed by atoms with E-state index < -0.39 is 17.8 Å². The van der Waals surface area contributed by atoms with Gasteiger partial charge >= 0.3 is 5.97 Å². The molecule has 18 heavy (non-hydrogen) atoms. The smallest absolute Gasteiger partial charge is 0.307 e. The number of halogens is 1. The lowest BCUT2D eigenvalue weighted by molar-refractivity contribution is -0.138. The van der Waals surface area contributed by atoms with Crippen molar-refractivity contribution in [2.75, 3.05) is 6.61 Å². The third kappa shape index (κ3) is 1.68. The van der Waals surface area contributed by atoms with Crippen molar-refractivity contribution in [1.82, 2.24) is 0 Å². The summed E-state index contributed by atoms with van der Waals surface area (Å²) in [5.74, 6) is -1.51. The van der Waals surface area contributed by atoms with Crippen molar-refractivity contribution in [3.63, 3.8) is 0 Å². The molecule has 1 saturated carbocycles. The highest BCUT2D eigenvalue weighted by atomic mass is 35.5. The molecule has 0 amide bonds. The van der Waals surface area contributed by atoms with Crippen LogP contribution in [0.1, 0.15) is 22.3 Å². The molecule has 5 heteroatoms. The van der Waals surface area contributed by atoms with Crippen LogP contribution in [0.2, 0.25) is 5.02 Å². The largest absolute Gasteiger partial charge is 0.491 e. The zero-order valence-electron chi connectivity index (χ0n) is 9.48. The minimum absolute atomic E-state index is 0.189. The van der Waals surface area contributed by atoms with Gasteiger partial charge in [0, 0.05) is 17.9 Å². The topological polar surface area (TPSA) is 63.6 Å². The number of hydrogen-bond donors (Lipinski definition) is 1. The molecule has 1 heterocycles. The summed E-state index contributed by atoms with van der Waals surface area (Å²) >= 11 is 6.15. The Balaban J connectivity index is 1.90. The Morgan fingerprint density at radius 3 is 2.78 bits per heavy atom. The molecule has 1 fully saturated rings. The summed E-state index contributed by atoms with van der Waals surface area (Å²) in [5, 5.41) is 9.16. The Labute approximate surface area is 109 Å². The van der Waals surface area contributed by atoms with Crippen molar-refractivity contribution in [2.24, 2.45) is 11.8 Å². The van der Waals surface area contributed by atoms with Gasteiger partial charge in [0.1, 0.15) is 5.75 Å². The second-order valence-corrected chi connectivity index (χ2v) is 5.04. The predicted molar refractivity (Wildman–Crippen MR) is 64.2 cm³/mol. The highest BCUT2D eigenvalue weighted by molar-refractivity contribution is 6.35. The Bertz CT molecular complexity index is 552. The van der Waals surface area contributed by atoms with Crippen molar-refractivity contribution in [1.29, 1.82) is 0 Å². The molecule has 0 spiro atoms. The number of carbonyl (C=O) groups is 2. The fraction of sp³-hybridized carbons (Fsp3) is 0.385. The van der Waals surface area contributed by atoms with Crippen LogP contribution in [-0.4, -0.2) is 23.5 Å². The number of carboxylic acids is 1. The molecule has 0 aromatic heterocycles. The highest BCUT2D eigenvalue weighted by Gasteiger charge is 2.48. The van der Waals surface area contributed by atoms with E-state index in [-0.39, 0.29) is 5.78 Å². The van der Waals surface area contributed by atoms with Crippen LogP contribution < -0.4 is 4.74 Å². The summed E-state index contributed by atoms with van der Waals surface area (Å²) in [6.45, 7) is 0.577. The first-order valence-electron chi connectivity index (χ1n) is 5.81. The van der Waals surface area contributed by atoms with E-state index in [0.29, 0.717) is 29.4 Å². The van der Waals surface area contributed by atoms with E-state index in [1.807, 2.05) is 6.07 Å². The van der Waals surface area contributed by atoms with E-state index in [1.54, 1.807) is 6.07 Å². The normalized spacial score (nSPS) is 24.3. The summed E-state index contributed by atoms with van der Waals surface area (Å²) < 4.78 is 5.39. The highest BCUT2D eigenvalue weighted by Crippen LogP contribution is 2.44. The van der Waals surface area contributed by atoms with Gasteiger partial charge < -0.3 is 9.84 Å². The second kappa shape index (κ2) is 3.99. The van der Waals surface area contributed by atoms with Gasteiger partial charge in [0.2, 0.25) is 0 Å². The lowest BCUT2D eigenvalue weighted by Crippen LogP contribution is -2.09. The lowest BCUT2D eigenvalue weighted by atomic mass is 10.0. The van der Waals surface area contributed by atoms with Crippen LogP contribution >= 0.6 is 11.6 Å². The molecule has 1 N–H and O–H groups in total. The summed E-state index contributed by atoms with van der Waals surface area (Å²) in [5.41, 5.74) is 1.38. The molecule has 0 saturated heterocycles. The Morgan fingerprint density at radius 1 is 1.33 bits per heavy atom. The minimum Gasteiger partial charge on any atom is -0.491 e. The maximum Gasteiger partial charge on any atom is 0.307 e. The number of benzene rings is 1. The Kier molecular flexibility index (Phi) is 2.55. The molecule has 1 aliphatic carbocycles. The molecule has 0 unspecified atom stereocenters. The second-order valence-electron chi connectivity index (χ2n) is 4.66. The molecule has 3 rings (SSSR count). The first-order valence-corrected chi connectivity index (χ1v) is 6.18. The standard InChI is InChI=1S/C13H11ClO4/c14-10-7(2-1-6-3-4-18-12(6)10)11(15)8-5-9(8)13(16)17/h1-2,8-9H,3-5H2,(H,16,17)/t8-,9-/m0/s1. The number of carboxylic acid groups (broad SMARTS) is 1. The predicted octanol–water partition coefficient (Wildman–Crippen LogP) is 2.18.